The number of halogens is 1. The molecule has 5 rings (SSSR count). The standard InChI is InChI=1S/C27H35ClN8O5.C2H6/c1-3-18-14-35(24-25(38)30-21(23(29)31-24)26-33-32-20(15-37)41-26)12-13-36(18)19-8-10-34(11-9-19)22(27(39)40-2)16-4-6-17(28)7-5-16;1-2/h4-7,18-19,22,37H,3,8-15H2,1-2H3,(H2,29,31)(H,30,38);1-2H3. The fraction of sp³-hybridized carbons (Fsp3) is 0.552. The first-order chi connectivity index (χ1) is 20.8. The number of carbonyl (C=O) groups is 1. The number of likely N-dealkylation sites (tertiary alicyclic amines) is 1. The smallest absolute Gasteiger partial charge is 0.327 e. The van der Waals surface area contributed by atoms with Gasteiger partial charge in [-0.3, -0.25) is 14.6 Å². The van der Waals surface area contributed by atoms with Crippen molar-refractivity contribution in [3.8, 4) is 11.6 Å². The van der Waals surface area contributed by atoms with Crippen LogP contribution in [0.3, 0.4) is 0 Å². The summed E-state index contributed by atoms with van der Waals surface area (Å²) in [6.45, 7) is 9.28. The zero-order valence-corrected chi connectivity index (χ0v) is 25.9. The molecular weight excluding hydrogens is 576 g/mol. The Morgan fingerprint density at radius 1 is 1.19 bits per heavy atom. The number of anilines is 2. The maximum atomic E-state index is 13.0. The van der Waals surface area contributed by atoms with Crippen molar-refractivity contribution in [3.63, 3.8) is 0 Å². The number of H-pyrrole nitrogens is 1. The molecule has 2 saturated heterocycles. The van der Waals surface area contributed by atoms with E-state index < -0.39 is 18.2 Å². The van der Waals surface area contributed by atoms with Gasteiger partial charge < -0.3 is 29.9 Å². The van der Waals surface area contributed by atoms with E-state index in [2.05, 4.69) is 36.9 Å². The van der Waals surface area contributed by atoms with Crippen LogP contribution in [0.5, 0.6) is 0 Å². The van der Waals surface area contributed by atoms with Gasteiger partial charge in [0.15, 0.2) is 11.6 Å². The van der Waals surface area contributed by atoms with Gasteiger partial charge in [-0.25, -0.2) is 9.78 Å². The number of methoxy groups -OCH3 is 1. The molecule has 2 atom stereocenters. The van der Waals surface area contributed by atoms with Gasteiger partial charge in [-0.05, 0) is 37.0 Å². The molecular formula is C29H41ClN8O5. The normalized spacial score (nSPS) is 19.0. The number of benzene rings is 1. The highest BCUT2D eigenvalue weighted by Crippen LogP contribution is 2.31. The van der Waals surface area contributed by atoms with Gasteiger partial charge in [0, 0.05) is 49.8 Å². The minimum atomic E-state index is -0.467. The van der Waals surface area contributed by atoms with Gasteiger partial charge in [-0.1, -0.05) is 44.5 Å². The number of hydrogen-bond acceptors (Lipinski definition) is 12. The quantitative estimate of drug-likeness (QED) is 0.317. The Kier molecular flexibility index (Phi) is 11.1. The molecule has 0 radical (unpaired) electrons. The number of aliphatic hydroxyl groups excluding tert-OH is 1. The number of piperazine rings is 1. The van der Waals surface area contributed by atoms with Crippen LogP contribution in [-0.2, 0) is 16.1 Å². The summed E-state index contributed by atoms with van der Waals surface area (Å²) < 4.78 is 10.5. The van der Waals surface area contributed by atoms with Crippen LogP contribution in [0.2, 0.25) is 5.02 Å². The number of nitrogen functional groups attached to an aromatic ring is 1. The summed E-state index contributed by atoms with van der Waals surface area (Å²) >= 11 is 6.07. The van der Waals surface area contributed by atoms with E-state index in [9.17, 15) is 14.7 Å². The number of nitrogens with zero attached hydrogens (tertiary/aromatic N) is 6. The maximum Gasteiger partial charge on any atom is 0.327 e. The van der Waals surface area contributed by atoms with E-state index in [4.69, 9.17) is 26.5 Å². The second kappa shape index (κ2) is 14.8. The van der Waals surface area contributed by atoms with Crippen LogP contribution in [0, 0.1) is 0 Å². The molecule has 3 aromatic rings. The molecule has 0 saturated carbocycles. The van der Waals surface area contributed by atoms with Gasteiger partial charge in [-0.2, -0.15) is 0 Å². The molecule has 4 N–H and O–H groups in total. The van der Waals surface area contributed by atoms with Crippen LogP contribution in [0.4, 0.5) is 11.6 Å². The van der Waals surface area contributed by atoms with E-state index in [1.807, 2.05) is 30.9 Å². The van der Waals surface area contributed by atoms with Crippen LogP contribution in [0.25, 0.3) is 11.6 Å². The Labute approximate surface area is 256 Å². The Balaban J connectivity index is 0.00000207. The number of carbonyl (C=O) groups excluding carboxylic acids is 1. The number of aromatic amines is 1. The Morgan fingerprint density at radius 3 is 2.49 bits per heavy atom. The molecule has 2 aromatic heterocycles. The molecule has 13 nitrogen and oxygen atoms in total. The molecule has 14 heteroatoms. The number of aliphatic hydroxyl groups is 1. The van der Waals surface area contributed by atoms with E-state index in [0.717, 1.165) is 44.5 Å². The molecule has 0 spiro atoms. The maximum absolute atomic E-state index is 13.0. The lowest BCUT2D eigenvalue weighted by Gasteiger charge is -2.48. The molecule has 0 aliphatic carbocycles. The SMILES string of the molecule is CC.CCC1CN(c2nc(N)c(-c3nnc(CO)o3)[nH]c2=O)CCN1C1CCN(C(C(=O)OC)c2ccc(Cl)cc2)CC1. The first kappa shape index (κ1) is 32.4. The summed E-state index contributed by atoms with van der Waals surface area (Å²) in [6.07, 6.45) is 2.74. The summed E-state index contributed by atoms with van der Waals surface area (Å²) in [5, 5.41) is 17.3. The summed E-state index contributed by atoms with van der Waals surface area (Å²) in [6, 6.07) is 7.47. The van der Waals surface area contributed by atoms with E-state index in [1.165, 1.54) is 7.11 Å². The van der Waals surface area contributed by atoms with Crippen LogP contribution in [0.15, 0.2) is 33.5 Å². The largest absolute Gasteiger partial charge is 0.468 e. The highest BCUT2D eigenvalue weighted by atomic mass is 35.5. The Morgan fingerprint density at radius 2 is 1.88 bits per heavy atom. The Bertz CT molecular complexity index is 1410. The second-order valence-corrected chi connectivity index (χ2v) is 10.7. The molecule has 43 heavy (non-hydrogen) atoms. The molecule has 2 unspecified atom stereocenters. The van der Waals surface area contributed by atoms with Crippen molar-refractivity contribution in [3.05, 3.63) is 51.1 Å². The molecule has 2 fully saturated rings. The van der Waals surface area contributed by atoms with Gasteiger partial charge in [0.05, 0.1) is 7.11 Å². The van der Waals surface area contributed by atoms with E-state index >= 15 is 0 Å². The van der Waals surface area contributed by atoms with Crippen LogP contribution in [0.1, 0.15) is 57.5 Å². The topological polar surface area (TPSA) is 167 Å². The van der Waals surface area contributed by atoms with Gasteiger partial charge >= 0.3 is 5.97 Å². The predicted octanol–water partition coefficient (Wildman–Crippen LogP) is 2.85. The van der Waals surface area contributed by atoms with E-state index in [-0.39, 0.29) is 41.1 Å². The fourth-order valence-corrected chi connectivity index (χ4v) is 6.01. The van der Waals surface area contributed by atoms with Crippen LogP contribution in [-0.4, -0.2) is 93.0 Å². The zero-order chi connectivity index (χ0) is 31.1. The van der Waals surface area contributed by atoms with Gasteiger partial charge in [-0.15, -0.1) is 10.2 Å². The molecule has 1 aromatic carbocycles. The summed E-state index contributed by atoms with van der Waals surface area (Å²) in [4.78, 5) is 39.6. The first-order valence-corrected chi connectivity index (χ1v) is 15.1. The number of piperidine rings is 1. The third-order valence-electron chi connectivity index (χ3n) is 7.98. The van der Waals surface area contributed by atoms with Gasteiger partial charge in [0.1, 0.15) is 18.3 Å². The average Bonchev–Trinajstić information content (AvgIpc) is 3.53. The Hall–Kier alpha value is -3.52. The van der Waals surface area contributed by atoms with Crippen molar-refractivity contribution in [2.24, 2.45) is 0 Å². The van der Waals surface area contributed by atoms with Gasteiger partial charge in [0.2, 0.25) is 5.89 Å². The lowest BCUT2D eigenvalue weighted by atomic mass is 9.95. The molecule has 2 aliphatic rings. The lowest BCUT2D eigenvalue weighted by molar-refractivity contribution is -0.148. The molecule has 0 bridgehead atoms. The summed E-state index contributed by atoms with van der Waals surface area (Å²) in [7, 11) is 1.42. The minimum Gasteiger partial charge on any atom is -0.468 e. The molecule has 4 heterocycles. The number of hydrogen-bond donors (Lipinski definition) is 3. The molecule has 0 amide bonds. The fourth-order valence-electron chi connectivity index (χ4n) is 5.88. The lowest BCUT2D eigenvalue weighted by Crippen LogP contribution is -2.59. The highest BCUT2D eigenvalue weighted by molar-refractivity contribution is 6.30. The third kappa shape index (κ3) is 7.18. The zero-order valence-electron chi connectivity index (χ0n) is 25.1. The van der Waals surface area contributed by atoms with Crippen molar-refractivity contribution in [2.75, 3.05) is 50.5 Å². The number of ether oxygens (including phenoxy) is 1. The number of rotatable bonds is 8. The van der Waals surface area contributed by atoms with Gasteiger partial charge in [0.25, 0.3) is 11.4 Å². The second-order valence-electron chi connectivity index (χ2n) is 10.3. The number of esters is 1. The van der Waals surface area contributed by atoms with Crippen molar-refractivity contribution >= 4 is 29.2 Å². The van der Waals surface area contributed by atoms with Crippen molar-refractivity contribution < 1.29 is 19.1 Å². The summed E-state index contributed by atoms with van der Waals surface area (Å²) in [5.74, 6) is 0.0572. The van der Waals surface area contributed by atoms with E-state index in [0.29, 0.717) is 24.2 Å². The number of nitrogens with two attached hydrogens (primary N) is 1. The number of aromatic nitrogens is 4. The highest BCUT2D eigenvalue weighted by Gasteiger charge is 2.37. The van der Waals surface area contributed by atoms with Crippen LogP contribution < -0.4 is 16.2 Å². The molecule has 2 aliphatic heterocycles. The predicted molar refractivity (Wildman–Crippen MR) is 164 cm³/mol. The number of nitrogens with one attached hydrogen (secondary N) is 1. The molecule has 234 valence electrons. The van der Waals surface area contributed by atoms with Crippen molar-refractivity contribution in [1.29, 1.82) is 0 Å². The average molecular weight is 617 g/mol. The summed E-state index contributed by atoms with van der Waals surface area (Å²) in [5.41, 5.74) is 6.76. The third-order valence-corrected chi connectivity index (χ3v) is 8.23. The van der Waals surface area contributed by atoms with E-state index in [1.54, 1.807) is 12.1 Å². The van der Waals surface area contributed by atoms with Crippen molar-refractivity contribution in [2.45, 2.75) is 64.8 Å². The first-order valence-electron chi connectivity index (χ1n) is 14.7. The monoisotopic (exact) mass is 616 g/mol. The van der Waals surface area contributed by atoms with Crippen LogP contribution >= 0.6 is 11.6 Å². The minimum absolute atomic E-state index is 0.00389. The van der Waals surface area contributed by atoms with Crippen molar-refractivity contribution in [1.82, 2.24) is 30.0 Å².